The van der Waals surface area contributed by atoms with Crippen LogP contribution in [0.5, 0.6) is 0 Å². The number of hydrogen-bond acceptors (Lipinski definition) is 7. The fraction of sp³-hybridized carbons (Fsp3) is 0.800. The molecule has 0 heterocycles. The second-order valence-electron chi connectivity index (χ2n) is 2.54. The summed E-state index contributed by atoms with van der Waals surface area (Å²) in [5.41, 5.74) is 0. The van der Waals surface area contributed by atoms with Crippen LogP contribution in [0, 0.1) is 0 Å². The van der Waals surface area contributed by atoms with Crippen molar-refractivity contribution in [3.8, 4) is 0 Å². The van der Waals surface area contributed by atoms with Gasteiger partial charge in [0.25, 0.3) is 4.93 Å². The van der Waals surface area contributed by atoms with Crippen molar-refractivity contribution in [2.75, 3.05) is 6.61 Å². The SMILES string of the molecule is O=CC(O)(C(O)C(O)CO)S(=O)(=O)O. The number of aldehydes is 1. The van der Waals surface area contributed by atoms with E-state index < -0.39 is 40.2 Å². The Morgan fingerprint density at radius 2 is 1.79 bits per heavy atom. The largest absolute Gasteiger partial charge is 0.394 e. The Hall–Kier alpha value is -0.580. The lowest BCUT2D eigenvalue weighted by Crippen LogP contribution is -2.56. The van der Waals surface area contributed by atoms with E-state index in [1.807, 2.05) is 0 Å². The Bertz CT molecular complexity index is 297. The zero-order valence-corrected chi connectivity index (χ0v) is 7.62. The van der Waals surface area contributed by atoms with Crippen molar-refractivity contribution in [1.82, 2.24) is 0 Å². The van der Waals surface area contributed by atoms with Gasteiger partial charge >= 0.3 is 10.1 Å². The number of hydrogen-bond donors (Lipinski definition) is 5. The van der Waals surface area contributed by atoms with Crippen LogP contribution in [0.25, 0.3) is 0 Å². The van der Waals surface area contributed by atoms with Crippen molar-refractivity contribution in [2.45, 2.75) is 17.1 Å². The average molecular weight is 230 g/mol. The molecule has 0 aromatic rings. The Kier molecular flexibility index (Phi) is 4.12. The number of carbonyl (C=O) groups excluding carboxylic acids is 1. The number of aliphatic hydroxyl groups excluding tert-OH is 3. The van der Waals surface area contributed by atoms with Crippen molar-refractivity contribution < 1.29 is 38.2 Å². The number of aliphatic hydroxyl groups is 4. The van der Waals surface area contributed by atoms with Crippen LogP contribution >= 0.6 is 0 Å². The van der Waals surface area contributed by atoms with Crippen LogP contribution in [0.4, 0.5) is 0 Å². The second-order valence-corrected chi connectivity index (χ2v) is 4.14. The first kappa shape index (κ1) is 13.4. The first-order valence-electron chi connectivity index (χ1n) is 3.33. The summed E-state index contributed by atoms with van der Waals surface area (Å²) in [6.45, 7) is -1.09. The maximum absolute atomic E-state index is 10.5. The lowest BCUT2D eigenvalue weighted by Gasteiger charge is -2.26. The molecule has 0 aromatic carbocycles. The molecule has 0 saturated carbocycles. The molecule has 0 fully saturated rings. The molecule has 0 radical (unpaired) electrons. The topological polar surface area (TPSA) is 152 Å². The molecular weight excluding hydrogens is 220 g/mol. The molecule has 0 aliphatic heterocycles. The highest BCUT2D eigenvalue weighted by Crippen LogP contribution is 2.17. The first-order valence-corrected chi connectivity index (χ1v) is 4.77. The molecule has 0 amide bonds. The Balaban J connectivity index is 5.17. The highest BCUT2D eigenvalue weighted by atomic mass is 32.2. The third-order valence-electron chi connectivity index (χ3n) is 1.56. The van der Waals surface area contributed by atoms with Crippen molar-refractivity contribution in [2.24, 2.45) is 0 Å². The molecular formula is C5H10O8S. The Morgan fingerprint density at radius 1 is 1.36 bits per heavy atom. The van der Waals surface area contributed by atoms with Gasteiger partial charge in [0, 0.05) is 0 Å². The van der Waals surface area contributed by atoms with Gasteiger partial charge < -0.3 is 20.4 Å². The lowest BCUT2D eigenvalue weighted by molar-refractivity contribution is -0.136. The summed E-state index contributed by atoms with van der Waals surface area (Å²) in [6.07, 6.45) is -5.27. The third-order valence-corrected chi connectivity index (χ3v) is 2.72. The van der Waals surface area contributed by atoms with E-state index in [2.05, 4.69) is 0 Å². The fourth-order valence-corrected chi connectivity index (χ4v) is 1.24. The highest BCUT2D eigenvalue weighted by molar-refractivity contribution is 7.87. The average Bonchev–Trinajstić information content (AvgIpc) is 2.12. The van der Waals surface area contributed by atoms with E-state index in [9.17, 15) is 13.2 Å². The molecule has 0 rings (SSSR count). The smallest absolute Gasteiger partial charge is 0.305 e. The van der Waals surface area contributed by atoms with Gasteiger partial charge in [-0.25, -0.2) is 0 Å². The summed E-state index contributed by atoms with van der Waals surface area (Å²) in [5.74, 6) is 0. The quantitative estimate of drug-likeness (QED) is 0.240. The maximum Gasteiger partial charge on any atom is 0.305 e. The molecule has 14 heavy (non-hydrogen) atoms. The molecule has 0 bridgehead atoms. The molecule has 0 aromatic heterocycles. The van der Waals surface area contributed by atoms with Gasteiger partial charge in [-0.05, 0) is 0 Å². The van der Waals surface area contributed by atoms with E-state index in [1.54, 1.807) is 0 Å². The lowest BCUT2D eigenvalue weighted by atomic mass is 10.1. The van der Waals surface area contributed by atoms with Crippen LogP contribution in [0.2, 0.25) is 0 Å². The normalized spacial score (nSPS) is 20.9. The van der Waals surface area contributed by atoms with Gasteiger partial charge in [-0.2, -0.15) is 8.42 Å². The molecule has 3 unspecified atom stereocenters. The van der Waals surface area contributed by atoms with Gasteiger partial charge in [0.1, 0.15) is 12.2 Å². The van der Waals surface area contributed by atoms with Crippen LogP contribution in [0.15, 0.2) is 0 Å². The van der Waals surface area contributed by atoms with Crippen molar-refractivity contribution in [1.29, 1.82) is 0 Å². The van der Waals surface area contributed by atoms with Crippen molar-refractivity contribution in [3.05, 3.63) is 0 Å². The Labute approximate surface area is 79.2 Å². The molecule has 0 saturated heterocycles. The van der Waals surface area contributed by atoms with E-state index in [0.717, 1.165) is 0 Å². The van der Waals surface area contributed by atoms with Crippen LogP contribution in [0.1, 0.15) is 0 Å². The third kappa shape index (κ3) is 2.26. The van der Waals surface area contributed by atoms with E-state index >= 15 is 0 Å². The van der Waals surface area contributed by atoms with Crippen LogP contribution in [-0.2, 0) is 14.9 Å². The highest BCUT2D eigenvalue weighted by Gasteiger charge is 2.50. The van der Waals surface area contributed by atoms with Crippen molar-refractivity contribution in [3.63, 3.8) is 0 Å². The summed E-state index contributed by atoms with van der Waals surface area (Å²) in [7, 11) is -5.30. The van der Waals surface area contributed by atoms with Gasteiger partial charge in [0.05, 0.1) is 6.61 Å². The molecule has 0 spiro atoms. The summed E-state index contributed by atoms with van der Waals surface area (Å²) in [4.78, 5) is 6.65. The summed E-state index contributed by atoms with van der Waals surface area (Å²) >= 11 is 0. The zero-order chi connectivity index (χ0) is 11.6. The fourth-order valence-electron chi connectivity index (χ4n) is 0.659. The maximum atomic E-state index is 10.5. The minimum atomic E-state index is -5.30. The molecule has 9 heteroatoms. The summed E-state index contributed by atoms with van der Waals surface area (Å²) in [6, 6.07) is 0. The van der Waals surface area contributed by atoms with Gasteiger partial charge in [0.2, 0.25) is 0 Å². The zero-order valence-electron chi connectivity index (χ0n) is 6.81. The minimum absolute atomic E-state index is 0.647. The van der Waals surface area contributed by atoms with E-state index in [-0.39, 0.29) is 0 Å². The first-order chi connectivity index (χ1) is 6.20. The molecule has 8 nitrogen and oxygen atoms in total. The number of rotatable bonds is 5. The van der Waals surface area contributed by atoms with E-state index in [1.165, 1.54) is 0 Å². The van der Waals surface area contributed by atoms with Gasteiger partial charge in [0.15, 0.2) is 6.29 Å². The van der Waals surface area contributed by atoms with E-state index in [0.29, 0.717) is 0 Å². The van der Waals surface area contributed by atoms with Gasteiger partial charge in [-0.3, -0.25) is 9.35 Å². The monoisotopic (exact) mass is 230 g/mol. The van der Waals surface area contributed by atoms with Crippen LogP contribution in [0.3, 0.4) is 0 Å². The number of carbonyl (C=O) groups is 1. The van der Waals surface area contributed by atoms with Gasteiger partial charge in [-0.1, -0.05) is 0 Å². The minimum Gasteiger partial charge on any atom is -0.394 e. The summed E-state index contributed by atoms with van der Waals surface area (Å²) in [5, 5.41) is 35.0. The molecule has 5 N–H and O–H groups in total. The predicted molar refractivity (Wildman–Crippen MR) is 41.7 cm³/mol. The molecule has 84 valence electrons. The van der Waals surface area contributed by atoms with Gasteiger partial charge in [-0.15, -0.1) is 0 Å². The summed E-state index contributed by atoms with van der Waals surface area (Å²) < 4.78 is 29.3. The predicted octanol–water partition coefficient (Wildman–Crippen LogP) is -3.52. The van der Waals surface area contributed by atoms with E-state index in [4.69, 9.17) is 25.0 Å². The molecule has 3 atom stereocenters. The van der Waals surface area contributed by atoms with Crippen LogP contribution < -0.4 is 0 Å². The second kappa shape index (κ2) is 4.29. The molecule has 0 aliphatic rings. The van der Waals surface area contributed by atoms with Crippen molar-refractivity contribution >= 4 is 16.4 Å². The standard InChI is InChI=1S/C5H10O8S/c6-1-3(8)4(9)5(10,2-7)14(11,12)13/h2-4,6,8-10H,1H2,(H,11,12,13). The van der Waals surface area contributed by atoms with Crippen LogP contribution in [-0.4, -0.2) is 63.4 Å². The molecule has 0 aliphatic carbocycles. The Morgan fingerprint density at radius 3 is 2.00 bits per heavy atom.